The Bertz CT molecular complexity index is 1680. The first-order chi connectivity index (χ1) is 18.9. The first-order valence-electron chi connectivity index (χ1n) is 12.6. The Balaban J connectivity index is 1.56. The molecule has 0 unspecified atom stereocenters. The summed E-state index contributed by atoms with van der Waals surface area (Å²) in [6, 6.07) is 10.8. The van der Waals surface area contributed by atoms with Gasteiger partial charge >= 0.3 is 0 Å². The highest BCUT2D eigenvalue weighted by molar-refractivity contribution is 6.24. The summed E-state index contributed by atoms with van der Waals surface area (Å²) < 4.78 is 5.86. The summed E-state index contributed by atoms with van der Waals surface area (Å²) >= 11 is 0. The molecule has 206 valence electrons. The molecule has 1 heterocycles. The monoisotopic (exact) mass is 546 g/mol. The number of aliphatic hydroxyl groups is 4. The fourth-order valence-corrected chi connectivity index (χ4v) is 6.54. The number of nitrogens with zero attached hydrogens (tertiary/aromatic N) is 1. The summed E-state index contributed by atoms with van der Waals surface area (Å²) in [5, 5.41) is 57.6. The Morgan fingerprint density at radius 1 is 1.10 bits per heavy atom. The highest BCUT2D eigenvalue weighted by atomic mass is 16.4. The van der Waals surface area contributed by atoms with Gasteiger partial charge in [0.15, 0.2) is 11.4 Å². The maximum atomic E-state index is 14.0. The highest BCUT2D eigenvalue weighted by Crippen LogP contribution is 2.53. The van der Waals surface area contributed by atoms with Crippen molar-refractivity contribution < 1.29 is 44.3 Å². The van der Waals surface area contributed by atoms with Gasteiger partial charge in [0.1, 0.15) is 34.2 Å². The van der Waals surface area contributed by atoms with Crippen molar-refractivity contribution in [3.8, 4) is 17.1 Å². The second kappa shape index (κ2) is 8.52. The van der Waals surface area contributed by atoms with Crippen molar-refractivity contribution in [3.05, 3.63) is 70.5 Å². The van der Waals surface area contributed by atoms with Gasteiger partial charge in [-0.3, -0.25) is 19.3 Å². The Morgan fingerprint density at radius 2 is 1.80 bits per heavy atom. The number of phenolic OH excluding ortho intramolecular Hbond substituents is 1. The van der Waals surface area contributed by atoms with Crippen molar-refractivity contribution in [1.29, 1.82) is 0 Å². The number of phenols is 1. The number of furan rings is 1. The number of hydrogen-bond donors (Lipinski definition) is 6. The zero-order chi connectivity index (χ0) is 28.8. The van der Waals surface area contributed by atoms with E-state index in [1.54, 1.807) is 30.3 Å². The molecule has 1 saturated carbocycles. The number of amides is 1. The first kappa shape index (κ1) is 25.8. The van der Waals surface area contributed by atoms with Crippen LogP contribution >= 0.6 is 0 Å². The standard InChI is InChI=1S/C29H26N2O9/c1-31(2)21-20-23(33)14-9-12-7-8-13(16-10-11-5-3-4-6-15(11)40-16)22(32)17(12)24(34)18(14)26(36)29(20,39)27(37)19(25(21)35)28(30)38/h3-8,10,14,20-21,23,32-34,37,39H,9H2,1-2H3,(H2,30,38)/t14-,20-,21+,23+,29+/m1/s1. The minimum absolute atomic E-state index is 0.0380. The number of primary amides is 1. The molecule has 0 saturated heterocycles. The van der Waals surface area contributed by atoms with E-state index < -0.39 is 69.7 Å². The number of Topliss-reactive ketones (excluding diaryl/α,β-unsaturated/α-hetero) is 2. The van der Waals surface area contributed by atoms with Gasteiger partial charge in [0.05, 0.1) is 29.2 Å². The molecule has 11 heteroatoms. The highest BCUT2D eigenvalue weighted by Gasteiger charge is 2.67. The number of carbonyl (C=O) groups is 3. The van der Waals surface area contributed by atoms with Crippen LogP contribution in [-0.2, 0) is 20.8 Å². The number of ketones is 2. The lowest BCUT2D eigenvalue weighted by molar-refractivity contribution is -0.168. The molecule has 0 spiro atoms. The van der Waals surface area contributed by atoms with E-state index in [1.807, 2.05) is 12.1 Å². The number of aromatic hydroxyl groups is 1. The Hall–Kier alpha value is -4.45. The Morgan fingerprint density at radius 3 is 2.45 bits per heavy atom. The molecule has 3 aliphatic carbocycles. The zero-order valence-electron chi connectivity index (χ0n) is 21.5. The molecule has 1 amide bonds. The minimum Gasteiger partial charge on any atom is -0.508 e. The third kappa shape index (κ3) is 3.19. The molecular weight excluding hydrogens is 520 g/mol. The quantitative estimate of drug-likeness (QED) is 0.261. The van der Waals surface area contributed by atoms with Gasteiger partial charge < -0.3 is 35.7 Å². The fourth-order valence-electron chi connectivity index (χ4n) is 6.54. The molecule has 5 atom stereocenters. The van der Waals surface area contributed by atoms with Crippen LogP contribution in [-0.4, -0.2) is 79.7 Å². The molecule has 6 rings (SSSR count). The van der Waals surface area contributed by atoms with Crippen LogP contribution in [0.25, 0.3) is 28.1 Å². The smallest absolute Gasteiger partial charge is 0.255 e. The molecule has 11 nitrogen and oxygen atoms in total. The van der Waals surface area contributed by atoms with Crippen LogP contribution in [0.2, 0.25) is 0 Å². The summed E-state index contributed by atoms with van der Waals surface area (Å²) in [5.74, 6) is -8.26. The molecule has 3 aliphatic rings. The average molecular weight is 547 g/mol. The van der Waals surface area contributed by atoms with Crippen molar-refractivity contribution in [2.45, 2.75) is 24.2 Å². The van der Waals surface area contributed by atoms with E-state index in [4.69, 9.17) is 10.2 Å². The molecule has 0 aliphatic heterocycles. The number of likely N-dealkylation sites (N-methyl/N-ethyl adjacent to an activating group) is 1. The Kier molecular flexibility index (Phi) is 5.50. The summed E-state index contributed by atoms with van der Waals surface area (Å²) in [6.45, 7) is 0. The van der Waals surface area contributed by atoms with Crippen LogP contribution in [0.1, 0.15) is 11.1 Å². The predicted octanol–water partition coefficient (Wildman–Crippen LogP) is 1.35. The van der Waals surface area contributed by atoms with Crippen LogP contribution in [0.15, 0.2) is 63.8 Å². The SMILES string of the molecule is CN(C)[C@@H]1C(=O)C(C(N)=O)=C(O)[C@@]2(O)C(=O)C3=C(O)c4c(ccc(-c5cc6ccccc6o5)c4O)C[C@H]3[C@H](O)[C@@H]12. The summed E-state index contributed by atoms with van der Waals surface area (Å²) in [7, 11) is 2.91. The zero-order valence-corrected chi connectivity index (χ0v) is 21.5. The molecule has 1 aromatic heterocycles. The van der Waals surface area contributed by atoms with Crippen LogP contribution < -0.4 is 5.73 Å². The van der Waals surface area contributed by atoms with E-state index in [2.05, 4.69) is 0 Å². The molecule has 1 fully saturated rings. The lowest BCUT2D eigenvalue weighted by Crippen LogP contribution is -2.70. The van der Waals surface area contributed by atoms with E-state index in [-0.39, 0.29) is 23.3 Å². The summed E-state index contributed by atoms with van der Waals surface area (Å²) in [6.07, 6.45) is -1.66. The van der Waals surface area contributed by atoms with Gasteiger partial charge in [0.2, 0.25) is 5.78 Å². The van der Waals surface area contributed by atoms with Crippen molar-refractivity contribution in [1.82, 2.24) is 4.90 Å². The Labute approximate surface area is 227 Å². The predicted molar refractivity (Wildman–Crippen MR) is 141 cm³/mol. The molecule has 40 heavy (non-hydrogen) atoms. The maximum Gasteiger partial charge on any atom is 0.255 e. The van der Waals surface area contributed by atoms with Gasteiger partial charge in [-0.05, 0) is 44.3 Å². The van der Waals surface area contributed by atoms with Crippen molar-refractivity contribution in [2.75, 3.05) is 14.1 Å². The lowest BCUT2D eigenvalue weighted by atomic mass is 9.56. The maximum absolute atomic E-state index is 14.0. The van der Waals surface area contributed by atoms with Crippen LogP contribution in [0.3, 0.4) is 0 Å². The van der Waals surface area contributed by atoms with E-state index in [1.165, 1.54) is 19.0 Å². The van der Waals surface area contributed by atoms with Crippen LogP contribution in [0, 0.1) is 11.8 Å². The summed E-state index contributed by atoms with van der Waals surface area (Å²) in [5.41, 5.74) is 2.09. The van der Waals surface area contributed by atoms with E-state index in [0.29, 0.717) is 16.9 Å². The van der Waals surface area contributed by atoms with Crippen LogP contribution in [0.5, 0.6) is 5.75 Å². The van der Waals surface area contributed by atoms with Gasteiger partial charge in [-0.15, -0.1) is 0 Å². The molecule has 0 bridgehead atoms. The van der Waals surface area contributed by atoms with E-state index in [9.17, 15) is 39.9 Å². The average Bonchev–Trinajstić information content (AvgIpc) is 3.32. The summed E-state index contributed by atoms with van der Waals surface area (Å²) in [4.78, 5) is 40.6. The van der Waals surface area contributed by atoms with Crippen molar-refractivity contribution in [3.63, 3.8) is 0 Å². The number of para-hydroxylation sites is 1. The van der Waals surface area contributed by atoms with Gasteiger partial charge in [-0.25, -0.2) is 0 Å². The second-order valence-electron chi connectivity index (χ2n) is 10.7. The second-order valence-corrected chi connectivity index (χ2v) is 10.7. The van der Waals surface area contributed by atoms with Crippen LogP contribution in [0.4, 0.5) is 0 Å². The van der Waals surface area contributed by atoms with Crippen molar-refractivity contribution in [2.24, 2.45) is 17.6 Å². The number of rotatable bonds is 3. The lowest BCUT2D eigenvalue weighted by Gasteiger charge is -2.52. The molecule has 7 N–H and O–H groups in total. The number of fused-ring (bicyclic) bond motifs is 4. The third-order valence-electron chi connectivity index (χ3n) is 8.37. The molecule has 3 aromatic rings. The number of carbonyl (C=O) groups excluding carboxylic acids is 3. The number of aliphatic hydroxyl groups excluding tert-OH is 3. The number of hydrogen-bond acceptors (Lipinski definition) is 10. The van der Waals surface area contributed by atoms with E-state index in [0.717, 1.165) is 5.39 Å². The van der Waals surface area contributed by atoms with Gasteiger partial charge in [-0.1, -0.05) is 24.3 Å². The number of benzene rings is 2. The molecular formula is C29H26N2O9. The molecule has 2 aromatic carbocycles. The minimum atomic E-state index is -2.95. The van der Waals surface area contributed by atoms with Crippen molar-refractivity contribution >= 4 is 34.2 Å². The van der Waals surface area contributed by atoms with E-state index >= 15 is 0 Å². The first-order valence-corrected chi connectivity index (χ1v) is 12.6. The topological polar surface area (TPSA) is 195 Å². The largest absolute Gasteiger partial charge is 0.508 e. The third-order valence-corrected chi connectivity index (χ3v) is 8.37. The van der Waals surface area contributed by atoms with Gasteiger partial charge in [0.25, 0.3) is 5.91 Å². The normalized spacial score (nSPS) is 28.1. The number of nitrogens with two attached hydrogens (primary N) is 1. The molecule has 0 radical (unpaired) electrons. The van der Waals surface area contributed by atoms with Gasteiger partial charge in [0, 0.05) is 16.9 Å². The van der Waals surface area contributed by atoms with Gasteiger partial charge in [-0.2, -0.15) is 0 Å². The fraction of sp³-hybridized carbons (Fsp3) is 0.276.